The number of pyridine rings is 1. The number of nitrogens with one attached hydrogen (secondary N) is 2. The van der Waals surface area contributed by atoms with E-state index >= 15 is 0 Å². The molecule has 156 valence electrons. The predicted octanol–water partition coefficient (Wildman–Crippen LogP) is 4.19. The van der Waals surface area contributed by atoms with E-state index in [4.69, 9.17) is 4.42 Å². The van der Waals surface area contributed by atoms with E-state index in [1.165, 1.54) is 17.9 Å². The number of carbonyl (C=O) groups is 1. The van der Waals surface area contributed by atoms with E-state index in [0.29, 0.717) is 24.6 Å². The molecule has 1 amide bonds. The van der Waals surface area contributed by atoms with Gasteiger partial charge in [-0.3, -0.25) is 9.59 Å². The molecule has 1 aliphatic rings. The highest BCUT2D eigenvalue weighted by Crippen LogP contribution is 2.34. The van der Waals surface area contributed by atoms with Crippen molar-refractivity contribution in [2.45, 2.75) is 32.1 Å². The van der Waals surface area contributed by atoms with Gasteiger partial charge in [-0.15, -0.1) is 0 Å². The number of aromatic nitrogens is 1. The maximum atomic E-state index is 12.9. The van der Waals surface area contributed by atoms with Crippen molar-refractivity contribution in [2.75, 3.05) is 10.2 Å². The summed E-state index contributed by atoms with van der Waals surface area (Å²) in [7, 11) is 0. The number of fused-ring (bicyclic) bond motifs is 1. The molecular formula is C21H18F3N3O3. The summed E-state index contributed by atoms with van der Waals surface area (Å²) >= 11 is 0. The number of halogens is 3. The van der Waals surface area contributed by atoms with Crippen LogP contribution in [0.5, 0.6) is 0 Å². The number of nitrogens with zero attached hydrogens (tertiary/aromatic N) is 1. The number of aromatic amines is 1. The molecule has 0 saturated heterocycles. The summed E-state index contributed by atoms with van der Waals surface area (Å²) in [5.74, 6) is -0.358. The number of furan rings is 1. The van der Waals surface area contributed by atoms with E-state index < -0.39 is 28.9 Å². The fourth-order valence-electron chi connectivity index (χ4n) is 3.62. The van der Waals surface area contributed by atoms with Crippen LogP contribution >= 0.6 is 0 Å². The lowest BCUT2D eigenvalue weighted by Gasteiger charge is -2.24. The van der Waals surface area contributed by atoms with E-state index in [0.717, 1.165) is 12.1 Å². The average Bonchev–Trinajstić information content (AvgIpc) is 3.27. The molecule has 0 fully saturated rings. The quantitative estimate of drug-likeness (QED) is 0.667. The molecule has 3 heterocycles. The highest BCUT2D eigenvalue weighted by Gasteiger charge is 2.32. The number of carbonyl (C=O) groups excluding carboxylic acids is 1. The Balaban J connectivity index is 1.57. The Morgan fingerprint density at radius 2 is 2.07 bits per heavy atom. The highest BCUT2D eigenvalue weighted by molar-refractivity contribution is 6.05. The summed E-state index contributed by atoms with van der Waals surface area (Å²) in [6.45, 7) is 2.37. The molecule has 0 spiro atoms. The number of H-pyrrole nitrogens is 1. The van der Waals surface area contributed by atoms with Crippen molar-refractivity contribution in [2.24, 2.45) is 0 Å². The number of alkyl halides is 3. The summed E-state index contributed by atoms with van der Waals surface area (Å²) in [4.78, 5) is 28.7. The molecule has 3 aromatic rings. The van der Waals surface area contributed by atoms with Crippen LogP contribution in [0.15, 0.2) is 58.1 Å². The molecule has 6 nitrogen and oxygen atoms in total. The molecular weight excluding hydrogens is 399 g/mol. The summed E-state index contributed by atoms with van der Waals surface area (Å²) in [6.07, 6.45) is -1.89. The molecule has 0 bridgehead atoms. The molecule has 1 unspecified atom stereocenters. The van der Waals surface area contributed by atoms with Crippen LogP contribution < -0.4 is 15.8 Å². The number of rotatable bonds is 4. The summed E-state index contributed by atoms with van der Waals surface area (Å²) in [5, 5.41) is 2.26. The largest absolute Gasteiger partial charge is 0.467 e. The molecule has 30 heavy (non-hydrogen) atoms. The molecule has 1 atom stereocenters. The van der Waals surface area contributed by atoms with Crippen molar-refractivity contribution >= 4 is 17.3 Å². The lowest BCUT2D eigenvalue weighted by Crippen LogP contribution is -2.29. The summed E-state index contributed by atoms with van der Waals surface area (Å²) in [6, 6.07) is 10.2. The second kappa shape index (κ2) is 7.40. The van der Waals surface area contributed by atoms with Crippen molar-refractivity contribution in [1.29, 1.82) is 0 Å². The number of para-hydroxylation sites is 1. The van der Waals surface area contributed by atoms with Crippen LogP contribution in [0.4, 0.5) is 24.5 Å². The topological polar surface area (TPSA) is 78.3 Å². The van der Waals surface area contributed by atoms with Crippen molar-refractivity contribution < 1.29 is 22.4 Å². The normalized spacial score (nSPS) is 15.9. The van der Waals surface area contributed by atoms with Crippen LogP contribution in [0.3, 0.4) is 0 Å². The van der Waals surface area contributed by atoms with Gasteiger partial charge < -0.3 is 19.6 Å². The Kier molecular flexibility index (Phi) is 4.89. The standard InChI is InChI=1S/C21H18F3N3O3/c1-12-8-13-4-2-3-5-17(13)27(12)11-18-15(6-7-30-18)19(28)26-16-9-14(21(22,23)24)10-25-20(16)29/h2-7,9-10,12H,8,11H2,1H3,(H,25,29)(H,26,28). The molecule has 9 heteroatoms. The van der Waals surface area contributed by atoms with Gasteiger partial charge in [-0.2, -0.15) is 13.2 Å². The van der Waals surface area contributed by atoms with Crippen molar-refractivity contribution in [1.82, 2.24) is 4.98 Å². The van der Waals surface area contributed by atoms with Crippen LogP contribution in [-0.4, -0.2) is 16.9 Å². The van der Waals surface area contributed by atoms with Gasteiger partial charge in [0, 0.05) is 17.9 Å². The van der Waals surface area contributed by atoms with E-state index in [1.807, 2.05) is 29.2 Å². The maximum Gasteiger partial charge on any atom is 0.417 e. The molecule has 1 aliphatic heterocycles. The van der Waals surface area contributed by atoms with Crippen LogP contribution in [-0.2, 0) is 19.1 Å². The van der Waals surface area contributed by atoms with Gasteiger partial charge in [0.2, 0.25) is 0 Å². The summed E-state index contributed by atoms with van der Waals surface area (Å²) in [5.41, 5.74) is 0.0150. The second-order valence-corrected chi connectivity index (χ2v) is 7.15. The third kappa shape index (κ3) is 3.70. The smallest absolute Gasteiger partial charge is 0.417 e. The molecule has 2 N–H and O–H groups in total. The first-order valence-electron chi connectivity index (χ1n) is 9.26. The zero-order chi connectivity index (χ0) is 21.5. The van der Waals surface area contributed by atoms with Crippen LogP contribution in [0.25, 0.3) is 0 Å². The average molecular weight is 417 g/mol. The van der Waals surface area contributed by atoms with Gasteiger partial charge in [-0.05, 0) is 37.1 Å². The lowest BCUT2D eigenvalue weighted by molar-refractivity contribution is -0.137. The zero-order valence-corrected chi connectivity index (χ0v) is 15.9. The van der Waals surface area contributed by atoms with Crippen LogP contribution in [0.2, 0.25) is 0 Å². The van der Waals surface area contributed by atoms with Crippen molar-refractivity contribution in [3.63, 3.8) is 0 Å². The maximum absolute atomic E-state index is 12.9. The van der Waals surface area contributed by atoms with E-state index in [9.17, 15) is 22.8 Å². The van der Waals surface area contributed by atoms with Crippen LogP contribution in [0.1, 0.15) is 34.2 Å². The van der Waals surface area contributed by atoms with Crippen LogP contribution in [0, 0.1) is 0 Å². The second-order valence-electron chi connectivity index (χ2n) is 7.15. The molecule has 1 aromatic carbocycles. The highest BCUT2D eigenvalue weighted by atomic mass is 19.4. The minimum atomic E-state index is -4.65. The number of hydrogen-bond donors (Lipinski definition) is 2. The Morgan fingerprint density at radius 1 is 1.30 bits per heavy atom. The summed E-state index contributed by atoms with van der Waals surface area (Å²) < 4.78 is 44.2. The van der Waals surface area contributed by atoms with E-state index in [-0.39, 0.29) is 11.6 Å². The Bertz CT molecular complexity index is 1150. The Labute approximate surface area is 169 Å². The molecule has 0 radical (unpaired) electrons. The third-order valence-electron chi connectivity index (χ3n) is 5.13. The monoisotopic (exact) mass is 417 g/mol. The first-order chi connectivity index (χ1) is 14.2. The first-order valence-corrected chi connectivity index (χ1v) is 9.26. The third-order valence-corrected chi connectivity index (χ3v) is 5.13. The number of anilines is 2. The number of hydrogen-bond acceptors (Lipinski definition) is 4. The minimum Gasteiger partial charge on any atom is -0.467 e. The molecule has 0 saturated carbocycles. The fourth-order valence-corrected chi connectivity index (χ4v) is 3.62. The SMILES string of the molecule is CC1Cc2ccccc2N1Cc1occc1C(=O)Nc1cc(C(F)(F)F)c[nH]c1=O. The predicted molar refractivity (Wildman–Crippen MR) is 105 cm³/mol. The van der Waals surface area contributed by atoms with Crippen molar-refractivity contribution in [3.05, 3.63) is 81.7 Å². The van der Waals surface area contributed by atoms with Gasteiger partial charge >= 0.3 is 6.18 Å². The zero-order valence-electron chi connectivity index (χ0n) is 15.9. The lowest BCUT2D eigenvalue weighted by atomic mass is 10.1. The van der Waals surface area contributed by atoms with Crippen molar-refractivity contribution in [3.8, 4) is 0 Å². The molecule has 2 aromatic heterocycles. The van der Waals surface area contributed by atoms with Gasteiger partial charge in [0.05, 0.1) is 23.9 Å². The van der Waals surface area contributed by atoms with Gasteiger partial charge in [0.25, 0.3) is 11.5 Å². The van der Waals surface area contributed by atoms with Gasteiger partial charge in [0.1, 0.15) is 11.4 Å². The number of benzene rings is 1. The molecule has 4 rings (SSSR count). The Hall–Kier alpha value is -3.49. The number of amides is 1. The first kappa shape index (κ1) is 19.8. The van der Waals surface area contributed by atoms with Gasteiger partial charge in [0.15, 0.2) is 0 Å². The fraction of sp³-hybridized carbons (Fsp3) is 0.238. The van der Waals surface area contributed by atoms with E-state index in [2.05, 4.69) is 17.1 Å². The van der Waals surface area contributed by atoms with E-state index in [1.54, 1.807) is 0 Å². The molecule has 0 aliphatic carbocycles. The Morgan fingerprint density at radius 3 is 2.83 bits per heavy atom. The minimum absolute atomic E-state index is 0.156. The van der Waals surface area contributed by atoms with Gasteiger partial charge in [-0.1, -0.05) is 18.2 Å². The van der Waals surface area contributed by atoms with Gasteiger partial charge in [-0.25, -0.2) is 0 Å².